The third kappa shape index (κ3) is 8.62. The number of fused-ring (bicyclic) bond motifs is 1. The van der Waals surface area contributed by atoms with Crippen LogP contribution in [0, 0.1) is 6.92 Å². The van der Waals surface area contributed by atoms with E-state index in [2.05, 4.69) is 39.5 Å². The van der Waals surface area contributed by atoms with Crippen LogP contribution in [0.4, 0.5) is 5.69 Å². The smallest absolute Gasteiger partial charge is 0.294 e. The predicted molar refractivity (Wildman–Crippen MR) is 212 cm³/mol. The summed E-state index contributed by atoms with van der Waals surface area (Å²) in [6, 6.07) is 16.8. The molecular formula is C43H51NO7S2. The third-order valence-electron chi connectivity index (χ3n) is 10.8. The minimum absolute atomic E-state index is 0.0917. The molecule has 0 fully saturated rings. The number of hydrogen-bond donors (Lipinski definition) is 3. The van der Waals surface area contributed by atoms with E-state index >= 15 is 0 Å². The Hall–Kier alpha value is -4.22. The molecule has 0 saturated carbocycles. The number of unbranched alkanes of at least 4 members (excludes halogenated alkanes) is 1. The molecule has 0 aliphatic heterocycles. The van der Waals surface area contributed by atoms with Gasteiger partial charge in [-0.3, -0.25) is 9.11 Å². The molecule has 282 valence electrons. The Balaban J connectivity index is 1.59. The lowest BCUT2D eigenvalue weighted by Crippen LogP contribution is -2.21. The molecule has 0 aromatic heterocycles. The summed E-state index contributed by atoms with van der Waals surface area (Å²) in [5.41, 5.74) is 13.0. The highest BCUT2D eigenvalue weighted by Crippen LogP contribution is 2.52. The van der Waals surface area contributed by atoms with Crippen LogP contribution < -0.4 is 10.5 Å². The molecule has 53 heavy (non-hydrogen) atoms. The first kappa shape index (κ1) is 40.0. The first-order valence-corrected chi connectivity index (χ1v) is 20.9. The second-order valence-electron chi connectivity index (χ2n) is 15.2. The van der Waals surface area contributed by atoms with Crippen molar-refractivity contribution >= 4 is 25.9 Å². The zero-order valence-corrected chi connectivity index (χ0v) is 33.1. The fraction of sp³-hybridized carbons (Fsp3) is 0.349. The third-order valence-corrected chi connectivity index (χ3v) is 12.5. The average molecular weight is 758 g/mol. The van der Waals surface area contributed by atoms with Gasteiger partial charge >= 0.3 is 0 Å². The van der Waals surface area contributed by atoms with Gasteiger partial charge in [-0.1, -0.05) is 96.0 Å². The summed E-state index contributed by atoms with van der Waals surface area (Å²) < 4.78 is 74.3. The number of aryl methyl sites for hydroxylation is 1. The molecular weight excluding hydrogens is 707 g/mol. The molecule has 10 heteroatoms. The first-order chi connectivity index (χ1) is 24.7. The van der Waals surface area contributed by atoms with Gasteiger partial charge in [-0.15, -0.1) is 0 Å². The molecule has 0 bridgehead atoms. The van der Waals surface area contributed by atoms with Crippen LogP contribution in [-0.2, 0) is 31.1 Å². The molecule has 0 radical (unpaired) electrons. The van der Waals surface area contributed by atoms with Gasteiger partial charge in [-0.2, -0.15) is 16.8 Å². The molecule has 2 aliphatic carbocycles. The maximum atomic E-state index is 12.1. The largest absolute Gasteiger partial charge is 0.457 e. The SMILES string of the molecule is C=C(/C=C/C1=C(Oc2ccc(N)cc2)C(=C/C=C2/C(CCCC)c3ccc(S(=O)(=O)O)cc3C2(C)C)/CCC1)C(C)(C)c1cc(S(=O)(=O)O)ccc1C. The quantitative estimate of drug-likeness (QED) is 0.0941. The number of rotatable bonds is 12. The Labute approximate surface area is 315 Å². The summed E-state index contributed by atoms with van der Waals surface area (Å²) in [6.07, 6.45) is 13.6. The van der Waals surface area contributed by atoms with E-state index in [-0.39, 0.29) is 15.7 Å². The minimum Gasteiger partial charge on any atom is -0.457 e. The van der Waals surface area contributed by atoms with Crippen LogP contribution in [0.2, 0.25) is 0 Å². The summed E-state index contributed by atoms with van der Waals surface area (Å²) in [5.74, 6) is 1.47. The van der Waals surface area contributed by atoms with Gasteiger partial charge in [0.1, 0.15) is 11.5 Å². The Kier molecular flexibility index (Phi) is 11.5. The molecule has 1 atom stereocenters. The second-order valence-corrected chi connectivity index (χ2v) is 18.0. The van der Waals surface area contributed by atoms with Crippen LogP contribution in [0.25, 0.3) is 0 Å². The van der Waals surface area contributed by atoms with Gasteiger partial charge in [0.05, 0.1) is 9.79 Å². The fourth-order valence-electron chi connectivity index (χ4n) is 7.56. The van der Waals surface area contributed by atoms with Crippen molar-refractivity contribution in [1.29, 1.82) is 0 Å². The van der Waals surface area contributed by atoms with Gasteiger partial charge in [0, 0.05) is 22.4 Å². The highest BCUT2D eigenvalue weighted by Gasteiger charge is 2.41. The number of ether oxygens (including phenoxy) is 1. The topological polar surface area (TPSA) is 144 Å². The molecule has 0 saturated heterocycles. The normalized spacial score (nSPS) is 19.3. The van der Waals surface area contributed by atoms with E-state index in [0.29, 0.717) is 11.4 Å². The van der Waals surface area contributed by atoms with Crippen LogP contribution in [-0.4, -0.2) is 25.9 Å². The number of hydrogen-bond acceptors (Lipinski definition) is 6. The van der Waals surface area contributed by atoms with Crippen molar-refractivity contribution in [1.82, 2.24) is 0 Å². The number of allylic oxidation sites excluding steroid dienone is 8. The first-order valence-electron chi connectivity index (χ1n) is 18.0. The van der Waals surface area contributed by atoms with Gasteiger partial charge in [0.25, 0.3) is 20.2 Å². The summed E-state index contributed by atoms with van der Waals surface area (Å²) in [4.78, 5) is -0.263. The lowest BCUT2D eigenvalue weighted by Gasteiger charge is -2.29. The Bertz CT molecular complexity index is 2260. The highest BCUT2D eigenvalue weighted by atomic mass is 32.2. The molecule has 0 heterocycles. The minimum atomic E-state index is -4.38. The van der Waals surface area contributed by atoms with E-state index in [4.69, 9.17) is 10.5 Å². The van der Waals surface area contributed by atoms with Crippen LogP contribution in [0.1, 0.15) is 101 Å². The Morgan fingerprint density at radius 1 is 0.962 bits per heavy atom. The van der Waals surface area contributed by atoms with Crippen molar-refractivity contribution < 1.29 is 30.7 Å². The van der Waals surface area contributed by atoms with E-state index in [1.807, 2.05) is 51.1 Å². The van der Waals surface area contributed by atoms with Crippen molar-refractivity contribution in [2.24, 2.45) is 0 Å². The van der Waals surface area contributed by atoms with Crippen LogP contribution >= 0.6 is 0 Å². The molecule has 2 aliphatic rings. The maximum absolute atomic E-state index is 12.1. The van der Waals surface area contributed by atoms with Crippen LogP contribution in [0.3, 0.4) is 0 Å². The summed E-state index contributed by atoms with van der Waals surface area (Å²) in [5, 5.41) is 0. The monoisotopic (exact) mass is 757 g/mol. The van der Waals surface area contributed by atoms with Crippen molar-refractivity contribution in [3.63, 3.8) is 0 Å². The van der Waals surface area contributed by atoms with Crippen molar-refractivity contribution in [2.45, 2.75) is 107 Å². The van der Waals surface area contributed by atoms with Crippen LogP contribution in [0.5, 0.6) is 5.75 Å². The van der Waals surface area contributed by atoms with Gasteiger partial charge in [-0.25, -0.2) is 0 Å². The molecule has 8 nitrogen and oxygen atoms in total. The maximum Gasteiger partial charge on any atom is 0.294 e. The van der Waals surface area contributed by atoms with Gasteiger partial charge in [0.2, 0.25) is 0 Å². The molecule has 3 aromatic rings. The standard InChI is InChI=1S/C43H51NO7S2/c1-8-9-13-36-37-24-23-35(53(48,49)50)27-40(37)43(6,7)38(36)25-17-31-12-10-11-30(41(31)51-33-20-18-32(44)19-21-33)16-15-29(3)42(4,5)39-26-34(52(45,46)47)22-14-28(39)2/h14-27,36H,3,8-13,44H2,1-2,4-7H3,(H,45,46,47)(H,48,49,50)/b16-15+,31-17+,38-25-. The molecule has 0 spiro atoms. The number of anilines is 1. The molecule has 4 N–H and O–H groups in total. The summed E-state index contributed by atoms with van der Waals surface area (Å²) >= 11 is 0. The number of benzene rings is 3. The number of nitrogens with two attached hydrogens (primary N) is 1. The molecule has 1 unspecified atom stereocenters. The summed E-state index contributed by atoms with van der Waals surface area (Å²) in [6.45, 7) is 16.6. The molecule has 5 rings (SSSR count). The lowest BCUT2D eigenvalue weighted by atomic mass is 9.76. The zero-order valence-electron chi connectivity index (χ0n) is 31.4. The van der Waals surface area contributed by atoms with Crippen molar-refractivity contribution in [3.8, 4) is 5.75 Å². The van der Waals surface area contributed by atoms with Gasteiger partial charge in [-0.05, 0) is 120 Å². The number of nitrogen functional groups attached to an aromatic ring is 1. The van der Waals surface area contributed by atoms with Crippen molar-refractivity contribution in [3.05, 3.63) is 142 Å². The van der Waals surface area contributed by atoms with E-state index in [9.17, 15) is 25.9 Å². The fourth-order valence-corrected chi connectivity index (χ4v) is 8.57. The Morgan fingerprint density at radius 2 is 1.60 bits per heavy atom. The Morgan fingerprint density at radius 3 is 2.25 bits per heavy atom. The van der Waals surface area contributed by atoms with Gasteiger partial charge in [0.15, 0.2) is 0 Å². The average Bonchev–Trinajstić information content (AvgIpc) is 3.30. The van der Waals surface area contributed by atoms with Crippen molar-refractivity contribution in [2.75, 3.05) is 5.73 Å². The highest BCUT2D eigenvalue weighted by molar-refractivity contribution is 7.86. The van der Waals surface area contributed by atoms with E-state index in [0.717, 1.165) is 83.3 Å². The second kappa shape index (κ2) is 15.3. The lowest BCUT2D eigenvalue weighted by molar-refractivity contribution is 0.415. The molecule has 0 amide bonds. The molecule has 3 aromatic carbocycles. The zero-order chi connectivity index (χ0) is 38.9. The van der Waals surface area contributed by atoms with E-state index < -0.39 is 31.1 Å². The predicted octanol–water partition coefficient (Wildman–Crippen LogP) is 10.1. The van der Waals surface area contributed by atoms with E-state index in [1.165, 1.54) is 23.8 Å². The summed E-state index contributed by atoms with van der Waals surface area (Å²) in [7, 11) is -8.74. The van der Waals surface area contributed by atoms with Crippen LogP contribution in [0.15, 0.2) is 129 Å². The van der Waals surface area contributed by atoms with Gasteiger partial charge < -0.3 is 10.5 Å². The van der Waals surface area contributed by atoms with E-state index in [1.54, 1.807) is 24.3 Å².